The first kappa shape index (κ1) is 13.3. The molecule has 0 aliphatic rings. The predicted molar refractivity (Wildman–Crippen MR) is 79.6 cm³/mol. The van der Waals surface area contributed by atoms with E-state index >= 15 is 0 Å². The maximum absolute atomic E-state index is 11.9. The number of ether oxygens (including phenoxy) is 1. The van der Waals surface area contributed by atoms with E-state index in [0.29, 0.717) is 22.8 Å². The summed E-state index contributed by atoms with van der Waals surface area (Å²) in [5.74, 6) is 1.03. The lowest BCUT2D eigenvalue weighted by Crippen LogP contribution is -2.12. The molecule has 3 N–H and O–H groups in total. The Morgan fingerprint density at radius 2 is 2.00 bits per heavy atom. The fraction of sp³-hybridized carbons (Fsp3) is 0.0769. The lowest BCUT2D eigenvalue weighted by atomic mass is 10.1. The molecule has 0 atom stereocenters. The molecule has 3 aromatic rings. The van der Waals surface area contributed by atoms with E-state index in [1.165, 1.54) is 0 Å². The van der Waals surface area contributed by atoms with Crippen LogP contribution in [0.1, 0.15) is 0 Å². The van der Waals surface area contributed by atoms with Crippen molar-refractivity contribution >= 4 is 12.2 Å². The molecule has 0 radical (unpaired) electrons. The van der Waals surface area contributed by atoms with Crippen LogP contribution in [0, 0.1) is 4.77 Å². The fourth-order valence-electron chi connectivity index (χ4n) is 1.97. The van der Waals surface area contributed by atoms with E-state index in [4.69, 9.17) is 17.0 Å². The maximum atomic E-state index is 11.9. The van der Waals surface area contributed by atoms with Crippen molar-refractivity contribution in [2.45, 2.75) is 0 Å². The number of nitrogens with zero attached hydrogens (tertiary/aromatic N) is 2. The molecule has 106 valence electrons. The van der Waals surface area contributed by atoms with E-state index in [0.717, 1.165) is 5.56 Å². The molecule has 21 heavy (non-hydrogen) atoms. The lowest BCUT2D eigenvalue weighted by Gasteiger charge is -2.07. The second-order valence-corrected chi connectivity index (χ2v) is 4.60. The lowest BCUT2D eigenvalue weighted by molar-refractivity contribution is 0.416. The van der Waals surface area contributed by atoms with E-state index in [9.17, 15) is 4.79 Å². The molecule has 0 saturated carbocycles. The van der Waals surface area contributed by atoms with Gasteiger partial charge >= 0.3 is 0 Å². The quantitative estimate of drug-likeness (QED) is 0.642. The van der Waals surface area contributed by atoms with Gasteiger partial charge in [-0.1, -0.05) is 12.1 Å². The molecular weight excluding hydrogens is 290 g/mol. The number of hydrogen-bond donors (Lipinski definition) is 3. The standard InChI is InChI=1S/C13H11N5O2S/c1-20-10-5-3-2-4-7(10)9-6-8(12(19)17-15-9)11-14-13(21)18-16-11/h2-6H,1H3,(H,17,19)(H2,14,16,18,21). The monoisotopic (exact) mass is 301 g/mol. The zero-order valence-corrected chi connectivity index (χ0v) is 11.8. The number of rotatable bonds is 3. The Morgan fingerprint density at radius 1 is 1.19 bits per heavy atom. The minimum atomic E-state index is -0.355. The highest BCUT2D eigenvalue weighted by atomic mass is 32.1. The molecule has 7 nitrogen and oxygen atoms in total. The van der Waals surface area contributed by atoms with Crippen LogP contribution in [-0.4, -0.2) is 32.5 Å². The highest BCUT2D eigenvalue weighted by molar-refractivity contribution is 7.71. The number of H-pyrrole nitrogens is 3. The van der Waals surface area contributed by atoms with Crippen LogP contribution in [0.5, 0.6) is 5.75 Å². The summed E-state index contributed by atoms with van der Waals surface area (Å²) in [7, 11) is 1.58. The Bertz CT molecular complexity index is 896. The molecule has 3 rings (SSSR count). The Labute approximate surface area is 124 Å². The summed E-state index contributed by atoms with van der Waals surface area (Å²) in [5, 5.41) is 11.9. The molecule has 0 unspecified atom stereocenters. The summed E-state index contributed by atoms with van der Waals surface area (Å²) in [6, 6.07) is 9.05. The summed E-state index contributed by atoms with van der Waals surface area (Å²) in [5.41, 5.74) is 1.33. The van der Waals surface area contributed by atoms with Gasteiger partial charge in [-0.2, -0.15) is 10.1 Å². The van der Waals surface area contributed by atoms with Gasteiger partial charge in [-0.15, -0.1) is 0 Å². The molecular formula is C13H11N5O2S. The highest BCUT2D eigenvalue weighted by Crippen LogP contribution is 2.28. The van der Waals surface area contributed by atoms with Gasteiger partial charge in [-0.3, -0.25) is 15.0 Å². The first-order valence-electron chi connectivity index (χ1n) is 6.07. The van der Waals surface area contributed by atoms with Gasteiger partial charge < -0.3 is 4.74 Å². The average Bonchev–Trinajstić information content (AvgIpc) is 2.94. The van der Waals surface area contributed by atoms with Gasteiger partial charge in [0.1, 0.15) is 5.75 Å². The molecule has 0 amide bonds. The molecule has 2 heterocycles. The Hall–Kier alpha value is -2.74. The topological polar surface area (TPSA) is 99.5 Å². The Balaban J connectivity index is 2.18. The van der Waals surface area contributed by atoms with Crippen LogP contribution in [0.2, 0.25) is 0 Å². The smallest absolute Gasteiger partial charge is 0.275 e. The van der Waals surface area contributed by atoms with Crippen LogP contribution in [0.15, 0.2) is 35.1 Å². The normalized spacial score (nSPS) is 10.5. The predicted octanol–water partition coefficient (Wildman–Crippen LogP) is 1.89. The van der Waals surface area contributed by atoms with Crippen LogP contribution >= 0.6 is 12.2 Å². The average molecular weight is 301 g/mol. The van der Waals surface area contributed by atoms with Gasteiger partial charge in [-0.25, -0.2) is 5.10 Å². The second kappa shape index (κ2) is 5.33. The number of para-hydroxylation sites is 1. The zero-order valence-electron chi connectivity index (χ0n) is 11.0. The third-order valence-electron chi connectivity index (χ3n) is 2.94. The molecule has 1 aromatic carbocycles. The zero-order chi connectivity index (χ0) is 14.8. The SMILES string of the molecule is COc1ccccc1-c1cc(-c2nc(=S)[nH][nH]2)c(=O)[nH]n1. The number of nitrogens with one attached hydrogen (secondary N) is 3. The number of aromatic nitrogens is 5. The first-order valence-corrected chi connectivity index (χ1v) is 6.48. The molecule has 0 bridgehead atoms. The van der Waals surface area contributed by atoms with Crippen molar-refractivity contribution in [3.63, 3.8) is 0 Å². The van der Waals surface area contributed by atoms with Crippen molar-refractivity contribution in [1.82, 2.24) is 25.4 Å². The van der Waals surface area contributed by atoms with Gasteiger partial charge in [0, 0.05) is 5.56 Å². The summed E-state index contributed by atoms with van der Waals surface area (Å²) >= 11 is 4.90. The van der Waals surface area contributed by atoms with E-state index in [2.05, 4.69) is 25.4 Å². The molecule has 0 saturated heterocycles. The minimum absolute atomic E-state index is 0.278. The summed E-state index contributed by atoms with van der Waals surface area (Å²) in [6.07, 6.45) is 0. The van der Waals surface area contributed by atoms with Crippen molar-refractivity contribution in [2.75, 3.05) is 7.11 Å². The summed E-state index contributed by atoms with van der Waals surface area (Å²) in [6.45, 7) is 0. The summed E-state index contributed by atoms with van der Waals surface area (Å²) in [4.78, 5) is 16.0. The van der Waals surface area contributed by atoms with Crippen LogP contribution in [0.4, 0.5) is 0 Å². The molecule has 0 spiro atoms. The van der Waals surface area contributed by atoms with Crippen LogP contribution in [0.3, 0.4) is 0 Å². The van der Waals surface area contributed by atoms with Gasteiger partial charge in [0.25, 0.3) is 5.56 Å². The van der Waals surface area contributed by atoms with Crippen LogP contribution in [0.25, 0.3) is 22.6 Å². The fourth-order valence-corrected chi connectivity index (χ4v) is 2.12. The third-order valence-corrected chi connectivity index (χ3v) is 3.14. The van der Waals surface area contributed by atoms with Crippen LogP contribution in [-0.2, 0) is 0 Å². The molecule has 0 aliphatic heterocycles. The van der Waals surface area contributed by atoms with Crippen molar-refractivity contribution in [1.29, 1.82) is 0 Å². The van der Waals surface area contributed by atoms with E-state index < -0.39 is 0 Å². The molecule has 2 aromatic heterocycles. The molecule has 8 heteroatoms. The van der Waals surface area contributed by atoms with Crippen molar-refractivity contribution in [2.24, 2.45) is 0 Å². The molecule has 0 aliphatic carbocycles. The van der Waals surface area contributed by atoms with Crippen molar-refractivity contribution in [3.8, 4) is 28.4 Å². The van der Waals surface area contributed by atoms with Gasteiger partial charge in [-0.05, 0) is 30.4 Å². The highest BCUT2D eigenvalue weighted by Gasteiger charge is 2.12. The van der Waals surface area contributed by atoms with Gasteiger partial charge in [0.2, 0.25) is 4.77 Å². The Kier molecular flexibility index (Phi) is 3.36. The number of aromatic amines is 3. The Morgan fingerprint density at radius 3 is 2.71 bits per heavy atom. The van der Waals surface area contributed by atoms with Gasteiger partial charge in [0.05, 0.1) is 18.4 Å². The second-order valence-electron chi connectivity index (χ2n) is 4.21. The number of benzene rings is 1. The van der Waals surface area contributed by atoms with E-state index in [-0.39, 0.29) is 10.3 Å². The first-order chi connectivity index (χ1) is 10.2. The molecule has 0 fully saturated rings. The number of hydrogen-bond acceptors (Lipinski definition) is 5. The van der Waals surface area contributed by atoms with E-state index in [1.807, 2.05) is 24.3 Å². The van der Waals surface area contributed by atoms with Crippen molar-refractivity contribution in [3.05, 3.63) is 45.5 Å². The van der Waals surface area contributed by atoms with Crippen LogP contribution < -0.4 is 10.3 Å². The minimum Gasteiger partial charge on any atom is -0.496 e. The van der Waals surface area contributed by atoms with Crippen molar-refractivity contribution < 1.29 is 4.74 Å². The summed E-state index contributed by atoms with van der Waals surface area (Å²) < 4.78 is 5.58. The van der Waals surface area contributed by atoms with Gasteiger partial charge in [0.15, 0.2) is 5.82 Å². The van der Waals surface area contributed by atoms with E-state index in [1.54, 1.807) is 13.2 Å². The number of methoxy groups -OCH3 is 1. The maximum Gasteiger partial charge on any atom is 0.275 e. The largest absolute Gasteiger partial charge is 0.496 e. The third kappa shape index (κ3) is 2.48.